The molecule has 0 aromatic heterocycles. The van der Waals surface area contributed by atoms with Crippen molar-refractivity contribution in [3.8, 4) is 0 Å². The Hall–Kier alpha value is -1.71. The Balaban J connectivity index is 3.00. The van der Waals surface area contributed by atoms with Gasteiger partial charge in [0.1, 0.15) is 0 Å². The maximum absolute atomic E-state index is 10.1. The quantitative estimate of drug-likeness (QED) is 0.364. The molecular formula is C7H5N2O2-. The fourth-order valence-electron chi connectivity index (χ4n) is 0.682. The van der Waals surface area contributed by atoms with Crippen LogP contribution in [0.1, 0.15) is 5.56 Å². The van der Waals surface area contributed by atoms with Gasteiger partial charge in [0.2, 0.25) is 0 Å². The van der Waals surface area contributed by atoms with Crippen molar-refractivity contribution >= 4 is 11.9 Å². The summed E-state index contributed by atoms with van der Waals surface area (Å²) in [5.74, 6) is 0. The van der Waals surface area contributed by atoms with Crippen LogP contribution in [0.15, 0.2) is 24.3 Å². The fraction of sp³-hybridized carbons (Fsp3) is 0. The van der Waals surface area contributed by atoms with Crippen molar-refractivity contribution in [3.63, 3.8) is 0 Å². The summed E-state index contributed by atoms with van der Waals surface area (Å²) in [4.78, 5) is 9.65. The van der Waals surface area contributed by atoms with Crippen molar-refractivity contribution in [1.82, 2.24) is 0 Å². The van der Waals surface area contributed by atoms with Crippen molar-refractivity contribution in [1.29, 1.82) is 0 Å². The minimum atomic E-state index is -0.485. The number of nitrogens with zero attached hydrogens (tertiary/aromatic N) is 2. The van der Waals surface area contributed by atoms with E-state index in [9.17, 15) is 10.1 Å². The van der Waals surface area contributed by atoms with Crippen LogP contribution in [0.3, 0.4) is 0 Å². The monoisotopic (exact) mass is 149 g/mol. The van der Waals surface area contributed by atoms with E-state index in [1.165, 1.54) is 24.3 Å². The van der Waals surface area contributed by atoms with E-state index >= 15 is 0 Å². The zero-order chi connectivity index (χ0) is 8.27. The topological polar surface area (TPSA) is 65.4 Å². The lowest BCUT2D eigenvalue weighted by atomic mass is 10.2. The molecule has 1 aromatic rings. The Bertz CT molecular complexity index is 279. The van der Waals surface area contributed by atoms with Gasteiger partial charge >= 0.3 is 0 Å². The lowest BCUT2D eigenvalue weighted by Crippen LogP contribution is -1.87. The number of hydrogen-bond acceptors (Lipinski definition) is 2. The third-order valence-corrected chi connectivity index (χ3v) is 1.25. The highest BCUT2D eigenvalue weighted by molar-refractivity contribution is 5.82. The van der Waals surface area contributed by atoms with E-state index in [-0.39, 0.29) is 5.69 Å². The lowest BCUT2D eigenvalue weighted by Gasteiger charge is -1.94. The van der Waals surface area contributed by atoms with E-state index in [2.05, 4.69) is 0 Å². The van der Waals surface area contributed by atoms with Gasteiger partial charge in [-0.3, -0.25) is 10.1 Å². The first-order valence-electron chi connectivity index (χ1n) is 2.96. The predicted octanol–water partition coefficient (Wildman–Crippen LogP) is 1.58. The molecular weight excluding hydrogens is 144 g/mol. The Kier molecular flexibility index (Phi) is 1.96. The van der Waals surface area contributed by atoms with Crippen LogP contribution in [0, 0.1) is 10.1 Å². The standard InChI is InChI=1S/C7H5N2O2/c8-5-6-1-3-7(4-2-6)9(10)11/h1-5H/q-1. The van der Waals surface area contributed by atoms with Gasteiger partial charge in [-0.1, -0.05) is 12.1 Å². The zero-order valence-electron chi connectivity index (χ0n) is 5.60. The molecule has 0 aliphatic carbocycles. The minimum Gasteiger partial charge on any atom is -0.810 e. The summed E-state index contributed by atoms with van der Waals surface area (Å²) in [6.45, 7) is 0. The predicted molar refractivity (Wildman–Crippen MR) is 41.6 cm³/mol. The largest absolute Gasteiger partial charge is 0.810 e. The van der Waals surface area contributed by atoms with Crippen molar-refractivity contribution in [2.45, 2.75) is 0 Å². The summed E-state index contributed by atoms with van der Waals surface area (Å²) in [6, 6.07) is 5.61. The second-order valence-corrected chi connectivity index (χ2v) is 1.98. The highest BCUT2D eigenvalue weighted by Gasteiger charge is 2.00. The molecule has 0 aliphatic heterocycles. The van der Waals surface area contributed by atoms with Gasteiger partial charge in [-0.25, -0.2) is 0 Å². The molecule has 0 fully saturated rings. The van der Waals surface area contributed by atoms with E-state index < -0.39 is 4.92 Å². The summed E-state index contributed by atoms with van der Waals surface area (Å²) in [5.41, 5.74) is 0.575. The van der Waals surface area contributed by atoms with Gasteiger partial charge < -0.3 is 5.41 Å². The third kappa shape index (κ3) is 1.61. The summed E-state index contributed by atoms with van der Waals surface area (Å²) in [5, 5.41) is 18.6. The number of benzene rings is 1. The van der Waals surface area contributed by atoms with Crippen LogP contribution in [0.5, 0.6) is 0 Å². The van der Waals surface area contributed by atoms with Gasteiger partial charge in [0.05, 0.1) is 4.92 Å². The lowest BCUT2D eigenvalue weighted by molar-refractivity contribution is -0.384. The highest BCUT2D eigenvalue weighted by Crippen LogP contribution is 2.10. The smallest absolute Gasteiger partial charge is 0.269 e. The van der Waals surface area contributed by atoms with Gasteiger partial charge in [-0.2, -0.15) is 6.21 Å². The molecule has 1 rings (SSSR count). The molecule has 11 heavy (non-hydrogen) atoms. The molecule has 0 saturated carbocycles. The highest BCUT2D eigenvalue weighted by atomic mass is 16.6. The average Bonchev–Trinajstić information content (AvgIpc) is 2.05. The number of rotatable bonds is 2. The van der Waals surface area contributed by atoms with E-state index in [4.69, 9.17) is 5.41 Å². The summed E-state index contributed by atoms with van der Waals surface area (Å²) >= 11 is 0. The summed E-state index contributed by atoms with van der Waals surface area (Å²) in [7, 11) is 0. The van der Waals surface area contributed by atoms with Gasteiger partial charge in [-0.05, 0) is 5.56 Å². The molecule has 0 aliphatic rings. The Morgan fingerprint density at radius 3 is 2.27 bits per heavy atom. The maximum Gasteiger partial charge on any atom is 0.269 e. The SMILES string of the molecule is [N-]=Cc1ccc([N+](=O)[O-])cc1. The zero-order valence-corrected chi connectivity index (χ0v) is 5.60. The third-order valence-electron chi connectivity index (χ3n) is 1.25. The first-order chi connectivity index (χ1) is 5.24. The first-order valence-corrected chi connectivity index (χ1v) is 2.96. The molecule has 0 bridgehead atoms. The van der Waals surface area contributed by atoms with Gasteiger partial charge in [0, 0.05) is 12.1 Å². The second-order valence-electron chi connectivity index (χ2n) is 1.98. The Labute approximate surface area is 63.1 Å². The van der Waals surface area contributed by atoms with E-state index in [1.54, 1.807) is 0 Å². The molecule has 0 spiro atoms. The van der Waals surface area contributed by atoms with Crippen molar-refractivity contribution in [2.24, 2.45) is 0 Å². The molecule has 1 aromatic carbocycles. The van der Waals surface area contributed by atoms with Crippen LogP contribution in [-0.2, 0) is 0 Å². The molecule has 56 valence electrons. The average molecular weight is 149 g/mol. The molecule has 0 atom stereocenters. The van der Waals surface area contributed by atoms with Crippen LogP contribution in [-0.4, -0.2) is 11.1 Å². The van der Waals surface area contributed by atoms with E-state index in [1.807, 2.05) is 0 Å². The van der Waals surface area contributed by atoms with Crippen LogP contribution in [0.4, 0.5) is 5.69 Å². The Morgan fingerprint density at radius 1 is 1.36 bits per heavy atom. The van der Waals surface area contributed by atoms with Crippen molar-refractivity contribution < 1.29 is 4.92 Å². The normalized spacial score (nSPS) is 9.09. The molecule has 0 heterocycles. The Morgan fingerprint density at radius 2 is 1.91 bits per heavy atom. The van der Waals surface area contributed by atoms with Gasteiger partial charge in [0.15, 0.2) is 0 Å². The van der Waals surface area contributed by atoms with E-state index in [0.717, 1.165) is 6.21 Å². The number of nitro benzene ring substituents is 1. The van der Waals surface area contributed by atoms with Crippen LogP contribution < -0.4 is 0 Å². The minimum absolute atomic E-state index is 0.0237. The molecule has 0 amide bonds. The van der Waals surface area contributed by atoms with Crippen molar-refractivity contribution in [2.75, 3.05) is 0 Å². The molecule has 4 heteroatoms. The van der Waals surface area contributed by atoms with E-state index in [0.29, 0.717) is 5.56 Å². The number of hydrogen-bond donors (Lipinski definition) is 0. The molecule has 0 N–H and O–H groups in total. The number of non-ortho nitro benzene ring substituents is 1. The second kappa shape index (κ2) is 2.92. The van der Waals surface area contributed by atoms with Crippen LogP contribution in [0.25, 0.3) is 5.41 Å². The fourth-order valence-corrected chi connectivity index (χ4v) is 0.682. The van der Waals surface area contributed by atoms with Crippen LogP contribution >= 0.6 is 0 Å². The molecule has 0 radical (unpaired) electrons. The van der Waals surface area contributed by atoms with Crippen molar-refractivity contribution in [3.05, 3.63) is 45.4 Å². The summed E-state index contributed by atoms with van der Waals surface area (Å²) in [6.07, 6.45) is 0.893. The maximum atomic E-state index is 10.1. The number of nitro groups is 1. The molecule has 0 unspecified atom stereocenters. The van der Waals surface area contributed by atoms with Crippen LogP contribution in [0.2, 0.25) is 0 Å². The molecule has 4 nitrogen and oxygen atoms in total. The molecule has 0 saturated heterocycles. The summed E-state index contributed by atoms with van der Waals surface area (Å²) < 4.78 is 0. The van der Waals surface area contributed by atoms with Gasteiger partial charge in [0.25, 0.3) is 5.69 Å². The van der Waals surface area contributed by atoms with Gasteiger partial charge in [-0.15, -0.1) is 0 Å². The first kappa shape index (κ1) is 7.40.